The Kier molecular flexibility index (Phi) is 6.15. The van der Waals surface area contributed by atoms with Crippen LogP contribution in [-0.2, 0) is 14.6 Å². The summed E-state index contributed by atoms with van der Waals surface area (Å²) in [5.41, 5.74) is 3.57. The number of hydrazine groups is 1. The van der Waals surface area contributed by atoms with Crippen LogP contribution in [0.15, 0.2) is 35.2 Å². The fourth-order valence-corrected chi connectivity index (χ4v) is 5.98. The Labute approximate surface area is 151 Å². The minimum Gasteiger partial charge on any atom is -0.383 e. The highest BCUT2D eigenvalue weighted by Gasteiger charge is 2.44. The summed E-state index contributed by atoms with van der Waals surface area (Å²) < 4.78 is 30.9. The maximum Gasteiger partial charge on any atom is 0.179 e. The molecule has 2 aliphatic rings. The summed E-state index contributed by atoms with van der Waals surface area (Å²) in [6.45, 7) is 2.74. The standard InChI is InChI=1S/C19H30N2O3S/c1-3-16(14-25(22,23)18-9-5-4-6-10-18)20-21-17(13-24-2)12-15-8-7-11-19(15)21/h4-6,9-10,15-17,19-20H,3,7-8,11-14H2,1-2H3/t15-,16-,17-,19-/m1/s1. The van der Waals surface area contributed by atoms with Gasteiger partial charge in [-0.1, -0.05) is 31.5 Å². The van der Waals surface area contributed by atoms with Gasteiger partial charge in [0, 0.05) is 25.2 Å². The van der Waals surface area contributed by atoms with Gasteiger partial charge in [-0.15, -0.1) is 0 Å². The van der Waals surface area contributed by atoms with E-state index < -0.39 is 9.84 Å². The molecule has 140 valence electrons. The molecule has 4 atom stereocenters. The van der Waals surface area contributed by atoms with Crippen molar-refractivity contribution in [2.45, 2.75) is 62.0 Å². The van der Waals surface area contributed by atoms with Crippen molar-refractivity contribution >= 4 is 9.84 Å². The number of methoxy groups -OCH3 is 1. The van der Waals surface area contributed by atoms with Crippen LogP contribution in [0.1, 0.15) is 39.0 Å². The molecule has 0 radical (unpaired) electrons. The zero-order valence-corrected chi connectivity index (χ0v) is 16.0. The molecule has 1 aliphatic heterocycles. The van der Waals surface area contributed by atoms with Crippen molar-refractivity contribution in [2.24, 2.45) is 5.92 Å². The fraction of sp³-hybridized carbons (Fsp3) is 0.684. The Morgan fingerprint density at radius 3 is 2.72 bits per heavy atom. The maximum absolute atomic E-state index is 12.7. The first-order chi connectivity index (χ1) is 12.0. The third-order valence-electron chi connectivity index (χ3n) is 5.65. The summed E-state index contributed by atoms with van der Waals surface area (Å²) in [6, 6.07) is 9.54. The molecule has 0 spiro atoms. The number of benzene rings is 1. The van der Waals surface area contributed by atoms with E-state index in [1.54, 1.807) is 31.4 Å². The van der Waals surface area contributed by atoms with Crippen LogP contribution in [-0.4, -0.2) is 51.0 Å². The molecule has 1 aromatic carbocycles. The SMILES string of the molecule is CC[C@H](CS(=O)(=O)c1ccccc1)NN1[C@@H](COC)C[C@H]2CCC[C@H]21. The van der Waals surface area contributed by atoms with Crippen LogP contribution in [0.5, 0.6) is 0 Å². The van der Waals surface area contributed by atoms with Crippen molar-refractivity contribution < 1.29 is 13.2 Å². The molecular formula is C19H30N2O3S. The van der Waals surface area contributed by atoms with E-state index in [4.69, 9.17) is 4.74 Å². The molecule has 0 aromatic heterocycles. The van der Waals surface area contributed by atoms with Crippen LogP contribution < -0.4 is 5.43 Å². The lowest BCUT2D eigenvalue weighted by molar-refractivity contribution is 0.0446. The highest BCUT2D eigenvalue weighted by atomic mass is 32.2. The van der Waals surface area contributed by atoms with Gasteiger partial charge in [0.15, 0.2) is 9.84 Å². The highest BCUT2D eigenvalue weighted by Crippen LogP contribution is 2.40. The Bertz CT molecular complexity index is 650. The molecule has 0 unspecified atom stereocenters. The number of rotatable bonds is 8. The van der Waals surface area contributed by atoms with Crippen molar-refractivity contribution in [3.05, 3.63) is 30.3 Å². The minimum atomic E-state index is -3.29. The first kappa shape index (κ1) is 18.8. The molecule has 6 heteroatoms. The van der Waals surface area contributed by atoms with Gasteiger partial charge in [0.2, 0.25) is 0 Å². The molecule has 5 nitrogen and oxygen atoms in total. The van der Waals surface area contributed by atoms with Crippen molar-refractivity contribution in [3.63, 3.8) is 0 Å². The molecule has 0 amide bonds. The van der Waals surface area contributed by atoms with E-state index in [1.807, 2.05) is 13.0 Å². The quantitative estimate of drug-likeness (QED) is 0.766. The van der Waals surface area contributed by atoms with Crippen LogP contribution in [0.25, 0.3) is 0 Å². The van der Waals surface area contributed by atoms with Gasteiger partial charge >= 0.3 is 0 Å². The molecule has 1 N–H and O–H groups in total. The van der Waals surface area contributed by atoms with Gasteiger partial charge in [-0.3, -0.25) is 5.43 Å². The van der Waals surface area contributed by atoms with Crippen LogP contribution in [0.4, 0.5) is 0 Å². The summed E-state index contributed by atoms with van der Waals surface area (Å²) in [7, 11) is -1.55. The van der Waals surface area contributed by atoms with E-state index in [-0.39, 0.29) is 11.8 Å². The van der Waals surface area contributed by atoms with Gasteiger partial charge in [-0.2, -0.15) is 0 Å². The normalized spacial score (nSPS) is 28.2. The molecule has 1 saturated heterocycles. The fourth-order valence-electron chi connectivity index (χ4n) is 4.38. The molecule has 1 aromatic rings. The predicted octanol–water partition coefficient (Wildman–Crippen LogP) is 2.63. The number of sulfone groups is 1. The monoisotopic (exact) mass is 366 g/mol. The Hall–Kier alpha value is -0.950. The van der Waals surface area contributed by atoms with Gasteiger partial charge in [0.05, 0.1) is 17.3 Å². The molecule has 1 heterocycles. The van der Waals surface area contributed by atoms with Crippen molar-refractivity contribution in [1.29, 1.82) is 0 Å². The summed E-state index contributed by atoms with van der Waals surface area (Å²) in [6.07, 6.45) is 5.67. The van der Waals surface area contributed by atoms with E-state index >= 15 is 0 Å². The second-order valence-corrected chi connectivity index (χ2v) is 9.37. The number of hydrogen-bond acceptors (Lipinski definition) is 5. The van der Waals surface area contributed by atoms with Crippen molar-refractivity contribution in [1.82, 2.24) is 10.4 Å². The maximum atomic E-state index is 12.7. The van der Waals surface area contributed by atoms with Gasteiger partial charge in [-0.25, -0.2) is 13.4 Å². The van der Waals surface area contributed by atoms with Crippen LogP contribution in [0, 0.1) is 5.92 Å². The molecule has 3 rings (SSSR count). The van der Waals surface area contributed by atoms with E-state index in [9.17, 15) is 8.42 Å². The van der Waals surface area contributed by atoms with Crippen LogP contribution in [0.3, 0.4) is 0 Å². The van der Waals surface area contributed by atoms with Crippen molar-refractivity contribution in [2.75, 3.05) is 19.5 Å². The van der Waals surface area contributed by atoms with Gasteiger partial charge < -0.3 is 4.74 Å². The smallest absolute Gasteiger partial charge is 0.179 e. The first-order valence-electron chi connectivity index (χ1n) is 9.36. The van der Waals surface area contributed by atoms with E-state index in [1.165, 1.54) is 19.3 Å². The summed E-state index contributed by atoms with van der Waals surface area (Å²) >= 11 is 0. The molecule has 0 bridgehead atoms. The summed E-state index contributed by atoms with van der Waals surface area (Å²) in [5.74, 6) is 0.845. The predicted molar refractivity (Wildman–Crippen MR) is 99.0 cm³/mol. The van der Waals surface area contributed by atoms with Gasteiger partial charge in [0.1, 0.15) is 0 Å². The van der Waals surface area contributed by atoms with E-state index in [0.29, 0.717) is 23.6 Å². The Morgan fingerprint density at radius 2 is 2.04 bits per heavy atom. The number of nitrogens with one attached hydrogen (secondary N) is 1. The zero-order chi connectivity index (χ0) is 17.9. The van der Waals surface area contributed by atoms with Gasteiger partial charge in [-0.05, 0) is 43.7 Å². The number of fused-ring (bicyclic) bond motifs is 1. The summed E-state index contributed by atoms with van der Waals surface area (Å²) in [5, 5.41) is 2.33. The highest BCUT2D eigenvalue weighted by molar-refractivity contribution is 7.91. The van der Waals surface area contributed by atoms with Crippen molar-refractivity contribution in [3.8, 4) is 0 Å². The summed E-state index contributed by atoms with van der Waals surface area (Å²) in [4.78, 5) is 0.406. The third kappa shape index (κ3) is 4.25. The number of ether oxygens (including phenoxy) is 1. The van der Waals surface area contributed by atoms with E-state index in [2.05, 4.69) is 10.4 Å². The largest absolute Gasteiger partial charge is 0.383 e. The molecule has 1 saturated carbocycles. The molecule has 25 heavy (non-hydrogen) atoms. The molecule has 1 aliphatic carbocycles. The van der Waals surface area contributed by atoms with E-state index in [0.717, 1.165) is 18.8 Å². The second kappa shape index (κ2) is 8.16. The first-order valence-corrected chi connectivity index (χ1v) is 11.0. The number of hydrogen-bond donors (Lipinski definition) is 1. The van der Waals surface area contributed by atoms with Crippen LogP contribution in [0.2, 0.25) is 0 Å². The molecular weight excluding hydrogens is 336 g/mol. The minimum absolute atomic E-state index is 0.0797. The lowest BCUT2D eigenvalue weighted by Gasteiger charge is -2.33. The number of nitrogens with zero attached hydrogens (tertiary/aromatic N) is 1. The zero-order valence-electron chi connectivity index (χ0n) is 15.2. The Balaban J connectivity index is 1.70. The third-order valence-corrected chi connectivity index (χ3v) is 7.48. The second-order valence-electron chi connectivity index (χ2n) is 7.34. The molecule has 2 fully saturated rings. The Morgan fingerprint density at radius 1 is 1.28 bits per heavy atom. The lowest BCUT2D eigenvalue weighted by atomic mass is 10.0. The van der Waals surface area contributed by atoms with Crippen LogP contribution >= 0.6 is 0 Å². The average Bonchev–Trinajstić information content (AvgIpc) is 3.18. The lowest BCUT2D eigenvalue weighted by Crippen LogP contribution is -2.54. The topological polar surface area (TPSA) is 58.6 Å². The van der Waals surface area contributed by atoms with Gasteiger partial charge in [0.25, 0.3) is 0 Å². The average molecular weight is 367 g/mol.